The summed E-state index contributed by atoms with van der Waals surface area (Å²) in [7, 11) is 0. The fraction of sp³-hybridized carbons (Fsp3) is 0.579. The molecule has 1 saturated heterocycles. The first-order valence-corrected chi connectivity index (χ1v) is 9.96. The van der Waals surface area contributed by atoms with Crippen LogP contribution in [0.15, 0.2) is 18.2 Å². The Morgan fingerprint density at radius 1 is 1.08 bits per heavy atom. The molecule has 4 atom stereocenters. The molecule has 3 fully saturated rings. The molecule has 1 aromatic rings. The van der Waals surface area contributed by atoms with E-state index in [1.54, 1.807) is 18.2 Å². The van der Waals surface area contributed by atoms with E-state index < -0.39 is 6.09 Å². The van der Waals surface area contributed by atoms with Crippen LogP contribution in [0.1, 0.15) is 42.5 Å². The number of carboxylic acid groups (broad SMARTS) is 1. The van der Waals surface area contributed by atoms with Crippen LogP contribution < -0.4 is 0 Å². The molecular formula is C19H22Cl2N2O3. The molecule has 1 heterocycles. The number of carbonyl (C=O) groups excluding carboxylic acids is 1. The van der Waals surface area contributed by atoms with Gasteiger partial charge >= 0.3 is 6.09 Å². The Bertz CT molecular complexity index is 729. The van der Waals surface area contributed by atoms with E-state index in [-0.39, 0.29) is 23.0 Å². The van der Waals surface area contributed by atoms with Gasteiger partial charge in [-0.1, -0.05) is 29.3 Å². The smallest absolute Gasteiger partial charge is 0.407 e. The zero-order valence-electron chi connectivity index (χ0n) is 14.4. The zero-order valence-corrected chi connectivity index (χ0v) is 15.9. The van der Waals surface area contributed by atoms with E-state index in [2.05, 4.69) is 0 Å². The van der Waals surface area contributed by atoms with Crippen LogP contribution in [0.25, 0.3) is 0 Å². The molecule has 0 bridgehead atoms. The van der Waals surface area contributed by atoms with Crippen molar-refractivity contribution in [3.8, 4) is 0 Å². The molecule has 7 heteroatoms. The molecule has 5 nitrogen and oxygen atoms in total. The van der Waals surface area contributed by atoms with E-state index in [4.69, 9.17) is 23.2 Å². The number of likely N-dealkylation sites (tertiary alicyclic amines) is 1. The summed E-state index contributed by atoms with van der Waals surface area (Å²) in [4.78, 5) is 28.1. The Labute approximate surface area is 162 Å². The molecule has 0 aromatic heterocycles. The molecule has 26 heavy (non-hydrogen) atoms. The number of nitrogens with zero attached hydrogens (tertiary/aromatic N) is 2. The van der Waals surface area contributed by atoms with Gasteiger partial charge in [0.05, 0.1) is 21.7 Å². The highest BCUT2D eigenvalue weighted by Gasteiger charge is 2.46. The van der Waals surface area contributed by atoms with Crippen molar-refractivity contribution in [3.63, 3.8) is 0 Å². The molecule has 1 aliphatic heterocycles. The summed E-state index contributed by atoms with van der Waals surface area (Å²) in [5.74, 6) is 1.30. The van der Waals surface area contributed by atoms with Crippen molar-refractivity contribution >= 4 is 35.2 Å². The van der Waals surface area contributed by atoms with Gasteiger partial charge in [0.15, 0.2) is 0 Å². The maximum atomic E-state index is 13.4. The second kappa shape index (κ2) is 6.93. The minimum absolute atomic E-state index is 0.101. The number of benzene rings is 1. The first-order valence-electron chi connectivity index (χ1n) is 9.20. The van der Waals surface area contributed by atoms with Crippen LogP contribution >= 0.6 is 23.2 Å². The third-order valence-corrected chi connectivity index (χ3v) is 7.18. The lowest BCUT2D eigenvalue weighted by molar-refractivity contribution is 0.0575. The van der Waals surface area contributed by atoms with Crippen LogP contribution in [0.3, 0.4) is 0 Å². The van der Waals surface area contributed by atoms with E-state index in [0.717, 1.165) is 12.8 Å². The van der Waals surface area contributed by atoms with Gasteiger partial charge in [0.2, 0.25) is 0 Å². The maximum absolute atomic E-state index is 13.4. The third kappa shape index (κ3) is 3.05. The Kier molecular flexibility index (Phi) is 4.78. The molecule has 2 saturated carbocycles. The lowest BCUT2D eigenvalue weighted by Crippen LogP contribution is -2.48. The van der Waals surface area contributed by atoms with Crippen LogP contribution in [0.2, 0.25) is 10.0 Å². The van der Waals surface area contributed by atoms with Crippen molar-refractivity contribution in [1.82, 2.24) is 9.80 Å². The van der Waals surface area contributed by atoms with Gasteiger partial charge < -0.3 is 14.9 Å². The lowest BCUT2D eigenvalue weighted by Gasteiger charge is -2.35. The molecule has 1 unspecified atom stereocenters. The lowest BCUT2D eigenvalue weighted by atomic mass is 9.77. The van der Waals surface area contributed by atoms with Gasteiger partial charge in [-0.25, -0.2) is 4.79 Å². The zero-order chi connectivity index (χ0) is 18.4. The molecule has 140 valence electrons. The molecule has 0 radical (unpaired) electrons. The number of halogens is 2. The second-order valence-corrected chi connectivity index (χ2v) is 8.49. The summed E-state index contributed by atoms with van der Waals surface area (Å²) in [6.45, 7) is 0.831. The predicted molar refractivity (Wildman–Crippen MR) is 99.9 cm³/mol. The van der Waals surface area contributed by atoms with Crippen LogP contribution in [0.4, 0.5) is 4.79 Å². The Balaban J connectivity index is 1.63. The Hall–Kier alpha value is -1.46. The molecular weight excluding hydrogens is 375 g/mol. The molecule has 2 aliphatic carbocycles. The van der Waals surface area contributed by atoms with Crippen molar-refractivity contribution in [3.05, 3.63) is 33.8 Å². The third-order valence-electron chi connectivity index (χ3n) is 6.36. The standard InChI is InChI=1S/C19H22Cl2N2O3/c20-16-3-1-2-15(17(16)21)18(24)23(13-6-7-22(10-13)19(25)26)14-8-11-4-5-12(11)9-14/h1-3,11-14H,4-10H2,(H,25,26)/t11-,12+,13-,14?/m0/s1. The summed E-state index contributed by atoms with van der Waals surface area (Å²) in [6.07, 6.45) is 4.26. The van der Waals surface area contributed by atoms with Crippen molar-refractivity contribution in [2.45, 2.75) is 44.2 Å². The fourth-order valence-electron chi connectivity index (χ4n) is 4.86. The van der Waals surface area contributed by atoms with E-state index >= 15 is 0 Å². The van der Waals surface area contributed by atoms with Gasteiger partial charge in [0, 0.05) is 19.1 Å². The molecule has 3 aliphatic rings. The van der Waals surface area contributed by atoms with Crippen molar-refractivity contribution in [2.24, 2.45) is 11.8 Å². The number of hydrogen-bond donors (Lipinski definition) is 1. The van der Waals surface area contributed by atoms with E-state index in [1.165, 1.54) is 17.7 Å². The number of amides is 2. The fourth-order valence-corrected chi connectivity index (χ4v) is 5.24. The summed E-state index contributed by atoms with van der Waals surface area (Å²) < 4.78 is 0. The number of carbonyl (C=O) groups is 2. The summed E-state index contributed by atoms with van der Waals surface area (Å²) in [5, 5.41) is 9.93. The van der Waals surface area contributed by atoms with Gasteiger partial charge in [-0.15, -0.1) is 0 Å². The van der Waals surface area contributed by atoms with Gasteiger partial charge in [0.25, 0.3) is 5.91 Å². The summed E-state index contributed by atoms with van der Waals surface area (Å²) in [5.41, 5.74) is 0.409. The largest absolute Gasteiger partial charge is 0.465 e. The topological polar surface area (TPSA) is 60.9 Å². The second-order valence-electron chi connectivity index (χ2n) is 7.71. The van der Waals surface area contributed by atoms with E-state index in [0.29, 0.717) is 41.9 Å². The minimum atomic E-state index is -0.924. The number of hydrogen-bond acceptors (Lipinski definition) is 2. The Morgan fingerprint density at radius 2 is 1.77 bits per heavy atom. The van der Waals surface area contributed by atoms with Crippen LogP contribution in [0.5, 0.6) is 0 Å². The molecule has 4 rings (SSSR count). The van der Waals surface area contributed by atoms with Gasteiger partial charge in [-0.2, -0.15) is 0 Å². The van der Waals surface area contributed by atoms with Crippen molar-refractivity contribution < 1.29 is 14.7 Å². The minimum Gasteiger partial charge on any atom is -0.465 e. The van der Waals surface area contributed by atoms with Crippen LogP contribution in [-0.4, -0.2) is 52.1 Å². The van der Waals surface area contributed by atoms with Gasteiger partial charge in [-0.3, -0.25) is 4.79 Å². The first-order chi connectivity index (χ1) is 12.5. The molecule has 1 N–H and O–H groups in total. The Morgan fingerprint density at radius 3 is 2.35 bits per heavy atom. The SMILES string of the molecule is O=C(O)N1CC[C@H](N(C(=O)c2cccc(Cl)c2Cl)C2C[C@H]3CC[C@H]3C2)C1. The highest BCUT2D eigenvalue weighted by Crippen LogP contribution is 2.49. The van der Waals surface area contributed by atoms with Crippen LogP contribution in [0, 0.1) is 11.8 Å². The summed E-state index contributed by atoms with van der Waals surface area (Å²) in [6, 6.07) is 5.17. The summed E-state index contributed by atoms with van der Waals surface area (Å²) >= 11 is 12.4. The van der Waals surface area contributed by atoms with E-state index in [1.807, 2.05) is 4.90 Å². The monoisotopic (exact) mass is 396 g/mol. The van der Waals surface area contributed by atoms with Crippen molar-refractivity contribution in [1.29, 1.82) is 0 Å². The van der Waals surface area contributed by atoms with Crippen LogP contribution in [-0.2, 0) is 0 Å². The quantitative estimate of drug-likeness (QED) is 0.824. The molecule has 0 spiro atoms. The van der Waals surface area contributed by atoms with E-state index in [9.17, 15) is 14.7 Å². The van der Waals surface area contributed by atoms with Gasteiger partial charge in [-0.05, 0) is 56.1 Å². The van der Waals surface area contributed by atoms with Crippen molar-refractivity contribution in [2.75, 3.05) is 13.1 Å². The number of fused-ring (bicyclic) bond motifs is 1. The maximum Gasteiger partial charge on any atom is 0.407 e. The normalized spacial score (nSPS) is 30.0. The first kappa shape index (κ1) is 17.9. The number of rotatable bonds is 3. The average molecular weight is 397 g/mol. The highest BCUT2D eigenvalue weighted by atomic mass is 35.5. The predicted octanol–water partition coefficient (Wildman–Crippen LogP) is 4.38. The molecule has 1 aromatic carbocycles. The van der Waals surface area contributed by atoms with Gasteiger partial charge in [0.1, 0.15) is 0 Å². The average Bonchev–Trinajstić information content (AvgIpc) is 3.17. The molecule has 2 amide bonds. The highest BCUT2D eigenvalue weighted by molar-refractivity contribution is 6.43.